The molecule has 0 radical (unpaired) electrons. The van der Waals surface area contributed by atoms with E-state index in [4.69, 9.17) is 0 Å². The summed E-state index contributed by atoms with van der Waals surface area (Å²) < 4.78 is 53.1. The zero-order valence-electron chi connectivity index (χ0n) is 18.3. The molecular weight excluding hydrogens is 444 g/mol. The van der Waals surface area contributed by atoms with Gasteiger partial charge in [0, 0.05) is 18.2 Å². The average molecular weight is 472 g/mol. The first kappa shape index (κ1) is 23.5. The average Bonchev–Trinajstić information content (AvgIpc) is 2.80. The lowest BCUT2D eigenvalue weighted by atomic mass is 10.0. The second kappa shape index (κ2) is 10.1. The summed E-state index contributed by atoms with van der Waals surface area (Å²) in [5, 5.41) is 10.6. The van der Waals surface area contributed by atoms with Gasteiger partial charge in [-0.3, -0.25) is 0 Å². The quantitative estimate of drug-likeness (QED) is 0.519. The molecule has 0 saturated carbocycles. The van der Waals surface area contributed by atoms with Crippen molar-refractivity contribution in [2.45, 2.75) is 36.0 Å². The molecule has 174 valence electrons. The van der Waals surface area contributed by atoms with Gasteiger partial charge in [0.05, 0.1) is 16.8 Å². The number of hydrogen-bond acceptors (Lipinski definition) is 4. The van der Waals surface area contributed by atoms with E-state index in [1.807, 2.05) is 6.07 Å². The number of likely N-dealkylation sites (tertiary alicyclic amines) is 1. The fraction of sp³-hybridized carbons (Fsp3) is 0.308. The minimum absolute atomic E-state index is 0.119. The van der Waals surface area contributed by atoms with Crippen LogP contribution in [0.4, 0.5) is 8.78 Å². The number of piperidine rings is 1. The van der Waals surface area contributed by atoms with Crippen LogP contribution in [-0.2, 0) is 15.6 Å². The van der Waals surface area contributed by atoms with Gasteiger partial charge in [-0.1, -0.05) is 42.8 Å². The number of benzene rings is 3. The Bertz CT molecular complexity index is 1210. The Morgan fingerprint density at radius 1 is 0.909 bits per heavy atom. The SMILES string of the molecule is O=S(=O)(Cc1cccc(C(O)CN2CCCCC2)c1)c1ccc(-c2ccc(F)cc2F)cc1. The largest absolute Gasteiger partial charge is 0.387 e. The number of aliphatic hydroxyl groups is 1. The lowest BCUT2D eigenvalue weighted by Gasteiger charge is -2.28. The predicted molar refractivity (Wildman–Crippen MR) is 124 cm³/mol. The van der Waals surface area contributed by atoms with Crippen molar-refractivity contribution >= 4 is 9.84 Å². The highest BCUT2D eigenvalue weighted by molar-refractivity contribution is 7.90. The normalized spacial score (nSPS) is 16.0. The van der Waals surface area contributed by atoms with Gasteiger partial charge < -0.3 is 10.0 Å². The van der Waals surface area contributed by atoms with Crippen molar-refractivity contribution in [3.8, 4) is 11.1 Å². The molecule has 1 unspecified atom stereocenters. The van der Waals surface area contributed by atoms with Gasteiger partial charge in [0.2, 0.25) is 0 Å². The lowest BCUT2D eigenvalue weighted by Crippen LogP contribution is -2.33. The third-order valence-electron chi connectivity index (χ3n) is 6.03. The summed E-state index contributed by atoms with van der Waals surface area (Å²) in [6, 6.07) is 16.2. The molecule has 1 N–H and O–H groups in total. The third kappa shape index (κ3) is 5.85. The molecule has 0 aliphatic carbocycles. The molecule has 0 aromatic heterocycles. The molecule has 33 heavy (non-hydrogen) atoms. The molecule has 1 aliphatic heterocycles. The Kier molecular flexibility index (Phi) is 7.22. The van der Waals surface area contributed by atoms with Crippen molar-refractivity contribution in [3.63, 3.8) is 0 Å². The van der Waals surface area contributed by atoms with Gasteiger partial charge in [0.15, 0.2) is 9.84 Å². The first-order chi connectivity index (χ1) is 15.8. The van der Waals surface area contributed by atoms with Crippen LogP contribution in [-0.4, -0.2) is 38.1 Å². The van der Waals surface area contributed by atoms with Crippen LogP contribution in [0, 0.1) is 11.6 Å². The maximum atomic E-state index is 14.0. The molecule has 1 atom stereocenters. The van der Waals surface area contributed by atoms with Gasteiger partial charge in [-0.25, -0.2) is 17.2 Å². The van der Waals surface area contributed by atoms with Gasteiger partial charge in [0.25, 0.3) is 0 Å². The van der Waals surface area contributed by atoms with Crippen LogP contribution < -0.4 is 0 Å². The minimum atomic E-state index is -3.64. The topological polar surface area (TPSA) is 57.6 Å². The van der Waals surface area contributed by atoms with Crippen molar-refractivity contribution in [3.05, 3.63) is 89.5 Å². The standard InChI is InChI=1S/C26H27F2NO3S/c27-22-9-12-24(25(28)16-22)20-7-10-23(11-8-20)33(31,32)18-19-5-4-6-21(15-19)26(30)17-29-13-2-1-3-14-29/h4-12,15-16,26,30H,1-3,13-14,17-18H2. The van der Waals surface area contributed by atoms with E-state index < -0.39 is 27.6 Å². The Hall–Kier alpha value is -2.61. The van der Waals surface area contributed by atoms with Gasteiger partial charge in [-0.15, -0.1) is 0 Å². The van der Waals surface area contributed by atoms with E-state index >= 15 is 0 Å². The van der Waals surface area contributed by atoms with E-state index in [1.54, 1.807) is 18.2 Å². The third-order valence-corrected chi connectivity index (χ3v) is 7.73. The van der Waals surface area contributed by atoms with Gasteiger partial charge in [0.1, 0.15) is 11.6 Å². The van der Waals surface area contributed by atoms with Crippen molar-refractivity contribution in [2.24, 2.45) is 0 Å². The van der Waals surface area contributed by atoms with Crippen LogP contribution in [0.2, 0.25) is 0 Å². The smallest absolute Gasteiger partial charge is 0.182 e. The Balaban J connectivity index is 1.47. The molecule has 0 amide bonds. The van der Waals surface area contributed by atoms with Crippen molar-refractivity contribution in [2.75, 3.05) is 19.6 Å². The summed E-state index contributed by atoms with van der Waals surface area (Å²) in [4.78, 5) is 2.36. The summed E-state index contributed by atoms with van der Waals surface area (Å²) in [7, 11) is -3.64. The molecule has 1 fully saturated rings. The van der Waals surface area contributed by atoms with Crippen LogP contribution in [0.15, 0.2) is 71.6 Å². The summed E-state index contributed by atoms with van der Waals surface area (Å²) in [6.45, 7) is 2.49. The molecule has 3 aromatic rings. The molecule has 0 bridgehead atoms. The van der Waals surface area contributed by atoms with Crippen LogP contribution in [0.5, 0.6) is 0 Å². The van der Waals surface area contributed by atoms with Crippen LogP contribution in [0.25, 0.3) is 11.1 Å². The number of nitrogens with zero attached hydrogens (tertiary/aromatic N) is 1. The number of rotatable bonds is 7. The minimum Gasteiger partial charge on any atom is -0.387 e. The highest BCUT2D eigenvalue weighted by Crippen LogP contribution is 2.26. The maximum absolute atomic E-state index is 14.0. The molecule has 7 heteroatoms. The Morgan fingerprint density at radius 2 is 1.64 bits per heavy atom. The fourth-order valence-corrected chi connectivity index (χ4v) is 5.59. The molecule has 3 aromatic carbocycles. The van der Waals surface area contributed by atoms with E-state index in [1.165, 1.54) is 36.8 Å². The molecule has 1 heterocycles. The van der Waals surface area contributed by atoms with E-state index in [-0.39, 0.29) is 16.2 Å². The molecular formula is C26H27F2NO3S. The number of β-amino-alcohol motifs (C(OH)–C–C–N with tert-alkyl or cyclic N) is 1. The number of halogens is 2. The lowest BCUT2D eigenvalue weighted by molar-refractivity contribution is 0.101. The fourth-order valence-electron chi connectivity index (χ4n) is 4.25. The second-order valence-electron chi connectivity index (χ2n) is 8.53. The first-order valence-electron chi connectivity index (χ1n) is 11.1. The number of hydrogen-bond donors (Lipinski definition) is 1. The van der Waals surface area contributed by atoms with Crippen molar-refractivity contribution in [1.29, 1.82) is 0 Å². The second-order valence-corrected chi connectivity index (χ2v) is 10.5. The number of aliphatic hydroxyl groups excluding tert-OH is 1. The van der Waals surface area contributed by atoms with Gasteiger partial charge >= 0.3 is 0 Å². The predicted octanol–water partition coefficient (Wildman–Crippen LogP) is 5.13. The Morgan fingerprint density at radius 3 is 2.33 bits per heavy atom. The van der Waals surface area contributed by atoms with Crippen LogP contribution in [0.3, 0.4) is 0 Å². The van der Waals surface area contributed by atoms with Crippen molar-refractivity contribution in [1.82, 2.24) is 4.90 Å². The van der Waals surface area contributed by atoms with Crippen molar-refractivity contribution < 1.29 is 22.3 Å². The van der Waals surface area contributed by atoms with E-state index in [0.29, 0.717) is 23.2 Å². The van der Waals surface area contributed by atoms with Gasteiger partial charge in [-0.05, 0) is 66.9 Å². The summed E-state index contributed by atoms with van der Waals surface area (Å²) in [5.41, 5.74) is 1.97. The highest BCUT2D eigenvalue weighted by Gasteiger charge is 2.19. The van der Waals surface area contributed by atoms with E-state index in [0.717, 1.165) is 38.1 Å². The summed E-state index contributed by atoms with van der Waals surface area (Å²) in [6.07, 6.45) is 2.82. The summed E-state index contributed by atoms with van der Waals surface area (Å²) in [5.74, 6) is -1.58. The van der Waals surface area contributed by atoms with Gasteiger partial charge in [-0.2, -0.15) is 0 Å². The zero-order valence-corrected chi connectivity index (χ0v) is 19.1. The molecule has 1 aliphatic rings. The maximum Gasteiger partial charge on any atom is 0.182 e. The highest BCUT2D eigenvalue weighted by atomic mass is 32.2. The monoisotopic (exact) mass is 471 g/mol. The van der Waals surface area contributed by atoms with Crippen LogP contribution >= 0.6 is 0 Å². The Labute approximate surface area is 193 Å². The first-order valence-corrected chi connectivity index (χ1v) is 12.7. The molecule has 1 saturated heterocycles. The number of sulfone groups is 1. The zero-order chi connectivity index (χ0) is 23.4. The van der Waals surface area contributed by atoms with Crippen LogP contribution in [0.1, 0.15) is 36.5 Å². The molecule has 0 spiro atoms. The van der Waals surface area contributed by atoms with E-state index in [9.17, 15) is 22.3 Å². The summed E-state index contributed by atoms with van der Waals surface area (Å²) >= 11 is 0. The van der Waals surface area contributed by atoms with E-state index in [2.05, 4.69) is 4.90 Å². The molecule has 4 nitrogen and oxygen atoms in total. The molecule has 4 rings (SSSR count).